The van der Waals surface area contributed by atoms with Gasteiger partial charge in [0, 0.05) is 39.5 Å². The minimum atomic E-state index is -1.99. The lowest BCUT2D eigenvalue weighted by atomic mass is 9.77. The van der Waals surface area contributed by atoms with Gasteiger partial charge in [-0.3, -0.25) is 9.59 Å². The van der Waals surface area contributed by atoms with E-state index in [2.05, 4.69) is 10.3 Å². The van der Waals surface area contributed by atoms with Gasteiger partial charge in [-0.25, -0.2) is 8.78 Å². The number of likely N-dealkylation sites (N-methyl/N-ethyl adjacent to an activating group) is 1. The molecule has 0 spiro atoms. The molecular formula is C44H69F2N3O13. The van der Waals surface area contributed by atoms with Crippen molar-refractivity contribution in [1.29, 1.82) is 0 Å². The van der Waals surface area contributed by atoms with Crippen molar-refractivity contribution >= 4 is 23.6 Å². The molecule has 0 bridgehead atoms. The van der Waals surface area contributed by atoms with Crippen LogP contribution in [0, 0.1) is 29.4 Å². The highest BCUT2D eigenvalue weighted by Crippen LogP contribution is 2.42. The molecule has 0 saturated carbocycles. The lowest BCUT2D eigenvalue weighted by molar-refractivity contribution is -0.315. The number of aliphatic hydroxyl groups is 3. The number of ether oxygens (including phenoxy) is 8. The van der Waals surface area contributed by atoms with Crippen LogP contribution in [0.5, 0.6) is 0 Å². The maximum absolute atomic E-state index is 14.8. The van der Waals surface area contributed by atoms with Crippen molar-refractivity contribution in [3.63, 3.8) is 0 Å². The fourth-order valence-electron chi connectivity index (χ4n) is 9.55. The molecule has 1 aromatic rings. The van der Waals surface area contributed by atoms with E-state index < -0.39 is 137 Å². The molecule has 4 aliphatic rings. The van der Waals surface area contributed by atoms with Gasteiger partial charge in [0.15, 0.2) is 30.3 Å². The number of methoxy groups -OCH3 is 2. The smallest absolute Gasteiger partial charge is 0.311 e. The summed E-state index contributed by atoms with van der Waals surface area (Å²) >= 11 is 0. The van der Waals surface area contributed by atoms with Crippen molar-refractivity contribution in [2.45, 2.75) is 185 Å². The Morgan fingerprint density at radius 3 is 2.15 bits per heavy atom. The van der Waals surface area contributed by atoms with Crippen LogP contribution in [0.3, 0.4) is 0 Å². The van der Waals surface area contributed by atoms with E-state index in [0.717, 1.165) is 12.1 Å². The van der Waals surface area contributed by atoms with Gasteiger partial charge in [0.1, 0.15) is 29.6 Å². The molecule has 4 heterocycles. The molecular weight excluding hydrogens is 816 g/mol. The Bertz CT molecular complexity index is 1740. The first kappa shape index (κ1) is 49.9. The number of amides is 1. The molecule has 4 aliphatic heterocycles. The van der Waals surface area contributed by atoms with Crippen LogP contribution >= 0.6 is 0 Å². The zero-order valence-electron chi connectivity index (χ0n) is 38.3. The molecule has 4 fully saturated rings. The van der Waals surface area contributed by atoms with E-state index in [1.807, 2.05) is 6.92 Å². The number of cyclic esters (lactones) is 1. The number of halogens is 2. The summed E-state index contributed by atoms with van der Waals surface area (Å²) in [7, 11) is 4.66. The monoisotopic (exact) mass is 885 g/mol. The van der Waals surface area contributed by atoms with Gasteiger partial charge in [-0.1, -0.05) is 26.8 Å². The van der Waals surface area contributed by atoms with E-state index in [1.54, 1.807) is 67.3 Å². The van der Waals surface area contributed by atoms with Crippen molar-refractivity contribution in [2.75, 3.05) is 21.3 Å². The average Bonchev–Trinajstić information content (AvgIpc) is 3.53. The molecule has 18 atom stereocenters. The van der Waals surface area contributed by atoms with E-state index in [-0.39, 0.29) is 25.3 Å². The second kappa shape index (κ2) is 19.6. The van der Waals surface area contributed by atoms with Gasteiger partial charge in [-0.15, -0.1) is 0 Å². The van der Waals surface area contributed by atoms with Gasteiger partial charge in [-0.05, 0) is 79.9 Å². The number of hydrogen-bond donors (Lipinski definition) is 4. The van der Waals surface area contributed by atoms with Crippen molar-refractivity contribution < 1.29 is 71.6 Å². The van der Waals surface area contributed by atoms with Gasteiger partial charge in [-0.2, -0.15) is 4.99 Å². The molecule has 16 nitrogen and oxygen atoms in total. The highest BCUT2D eigenvalue weighted by molar-refractivity contribution is 5.80. The highest BCUT2D eigenvalue weighted by atomic mass is 19.1. The number of amidine groups is 1. The summed E-state index contributed by atoms with van der Waals surface area (Å²) in [4.78, 5) is 34.3. The standard InChI is InChI=1S/C44H69F2N3O13/c1-14-30-44(10,54)35(50)25(6)47-38(52)21(2)19-43(9,56-13)37(23(4)33(24(5)39(53)59-30)60-31-20-42(8,55-12)36(51)26(7)58-31)62-40-34-29(18-22(3)57-40)49(11)41(61-34)48-32-27(45)16-15-17-28(32)46/h15-17,21-26,29-31,33-37,40,50-51,54H,14,18-20H2,1-13H3,(H,47,52)/t21-,22-,23+,24-,25-,26+,29+,30-,31+,33+,34-,35-,36+,37-,40+,42-,43-,44-/m1/s1. The van der Waals surface area contributed by atoms with Gasteiger partial charge < -0.3 is 63.4 Å². The van der Waals surface area contributed by atoms with Crippen LogP contribution in [0.2, 0.25) is 0 Å². The van der Waals surface area contributed by atoms with Crippen LogP contribution in [0.1, 0.15) is 94.9 Å². The van der Waals surface area contributed by atoms with E-state index in [1.165, 1.54) is 27.2 Å². The van der Waals surface area contributed by atoms with Gasteiger partial charge >= 0.3 is 5.97 Å². The summed E-state index contributed by atoms with van der Waals surface area (Å²) in [5, 5.41) is 37.0. The number of aliphatic imine (C=N–C) groups is 1. The first-order valence-electron chi connectivity index (χ1n) is 21.7. The van der Waals surface area contributed by atoms with Crippen LogP contribution in [-0.4, -0.2) is 150 Å². The van der Waals surface area contributed by atoms with E-state index >= 15 is 0 Å². The third kappa shape index (κ3) is 10.1. The fraction of sp³-hybridized carbons (Fsp3) is 0.795. The number of nitrogens with zero attached hydrogens (tertiary/aromatic N) is 2. The normalized spacial score (nSPS) is 44.5. The second-order valence-electron chi connectivity index (χ2n) is 18.4. The van der Waals surface area contributed by atoms with Crippen molar-refractivity contribution in [3.8, 4) is 0 Å². The topological polar surface area (TPSA) is 196 Å². The van der Waals surface area contributed by atoms with Crippen LogP contribution in [0.15, 0.2) is 23.2 Å². The summed E-state index contributed by atoms with van der Waals surface area (Å²) in [5.74, 6) is -5.64. The summed E-state index contributed by atoms with van der Waals surface area (Å²) < 4.78 is 80.6. The Labute approximate surface area is 363 Å². The molecule has 4 N–H and O–H groups in total. The first-order chi connectivity index (χ1) is 28.9. The first-order valence-corrected chi connectivity index (χ1v) is 21.7. The van der Waals surface area contributed by atoms with E-state index in [0.29, 0.717) is 6.42 Å². The number of carbonyl (C=O) groups excluding carboxylic acids is 2. The predicted octanol–water partition coefficient (Wildman–Crippen LogP) is 4.11. The molecule has 0 unspecified atom stereocenters. The molecule has 5 rings (SSSR count). The Hall–Kier alpha value is -3.07. The Morgan fingerprint density at radius 2 is 1.55 bits per heavy atom. The molecule has 62 heavy (non-hydrogen) atoms. The number of carbonyl (C=O) groups is 2. The minimum Gasteiger partial charge on any atom is -0.459 e. The van der Waals surface area contributed by atoms with Crippen LogP contribution in [0.4, 0.5) is 14.5 Å². The molecule has 0 radical (unpaired) electrons. The molecule has 0 aromatic heterocycles. The number of para-hydroxylation sites is 1. The van der Waals surface area contributed by atoms with Crippen LogP contribution in [0.25, 0.3) is 0 Å². The minimum absolute atomic E-state index is 0.0357. The molecule has 18 heteroatoms. The maximum atomic E-state index is 14.8. The Balaban J connectivity index is 1.62. The lowest BCUT2D eigenvalue weighted by Crippen LogP contribution is -2.60. The third-order valence-corrected chi connectivity index (χ3v) is 13.6. The number of esters is 1. The summed E-state index contributed by atoms with van der Waals surface area (Å²) in [6, 6.07) is 2.01. The van der Waals surface area contributed by atoms with E-state index in [9.17, 15) is 33.7 Å². The number of benzene rings is 1. The van der Waals surface area contributed by atoms with Gasteiger partial charge in [0.25, 0.3) is 6.02 Å². The van der Waals surface area contributed by atoms with Crippen molar-refractivity contribution in [1.82, 2.24) is 10.2 Å². The zero-order chi connectivity index (χ0) is 46.2. The van der Waals surface area contributed by atoms with E-state index in [4.69, 9.17) is 37.9 Å². The van der Waals surface area contributed by atoms with Gasteiger partial charge in [0.2, 0.25) is 5.91 Å². The van der Waals surface area contributed by atoms with Crippen LogP contribution in [-0.2, 0) is 47.5 Å². The Kier molecular flexibility index (Phi) is 15.8. The number of hydrogen-bond acceptors (Lipinski definition) is 14. The molecule has 1 amide bonds. The highest BCUT2D eigenvalue weighted by Gasteiger charge is 2.55. The number of fused-ring (bicyclic) bond motifs is 1. The lowest BCUT2D eigenvalue weighted by Gasteiger charge is -2.49. The number of nitrogens with one attached hydrogen (secondary N) is 1. The predicted molar refractivity (Wildman–Crippen MR) is 221 cm³/mol. The molecule has 352 valence electrons. The van der Waals surface area contributed by atoms with Crippen molar-refractivity contribution in [2.24, 2.45) is 22.7 Å². The molecule has 4 saturated heterocycles. The number of rotatable bonds is 8. The number of aliphatic hydroxyl groups excluding tert-OH is 2. The quantitative estimate of drug-likeness (QED) is 0.272. The second-order valence-corrected chi connectivity index (χ2v) is 18.4. The maximum Gasteiger partial charge on any atom is 0.311 e. The summed E-state index contributed by atoms with van der Waals surface area (Å²) in [5.41, 5.74) is -4.95. The fourth-order valence-corrected chi connectivity index (χ4v) is 9.55. The Morgan fingerprint density at radius 1 is 0.919 bits per heavy atom. The average molecular weight is 886 g/mol. The summed E-state index contributed by atoms with van der Waals surface area (Å²) in [6.07, 6.45) is -9.48. The third-order valence-electron chi connectivity index (χ3n) is 13.6. The molecule has 1 aromatic carbocycles. The SMILES string of the molecule is CC[C@H]1OC(=O)[C@H](C)[C@@H](O[C@H]2C[C@@](C)(OC)[C@@H](O)[C@H](C)O2)[C@H](C)[C@@H](O[C@@H]2O[C@H](C)C[C@H]3[C@H]2OC(=Nc2c(F)cccc2F)N3C)[C@](C)(OC)C[C@@H](C)C(=O)N[C@H](C)[C@@H](O)[C@]1(C)O. The van der Waals surface area contributed by atoms with Crippen LogP contribution < -0.4 is 5.32 Å². The zero-order valence-corrected chi connectivity index (χ0v) is 38.3. The summed E-state index contributed by atoms with van der Waals surface area (Å²) in [6.45, 7) is 16.8. The largest absolute Gasteiger partial charge is 0.459 e. The van der Waals surface area contributed by atoms with Crippen molar-refractivity contribution in [3.05, 3.63) is 29.8 Å². The van der Waals surface area contributed by atoms with Gasteiger partial charge in [0.05, 0.1) is 53.6 Å². The molecule has 0 aliphatic carbocycles.